The van der Waals surface area contributed by atoms with Crippen LogP contribution in [0.1, 0.15) is 42.1 Å². The largest absolute Gasteiger partial charge is 0.495 e. The second kappa shape index (κ2) is 10.3. The van der Waals surface area contributed by atoms with E-state index < -0.39 is 5.97 Å². The third kappa shape index (κ3) is 5.39. The predicted octanol–water partition coefficient (Wildman–Crippen LogP) is 4.01. The molecule has 1 aliphatic heterocycles. The van der Waals surface area contributed by atoms with Crippen molar-refractivity contribution < 1.29 is 23.5 Å². The predicted molar refractivity (Wildman–Crippen MR) is 116 cm³/mol. The van der Waals surface area contributed by atoms with E-state index in [9.17, 15) is 9.59 Å². The first-order chi connectivity index (χ1) is 14.6. The van der Waals surface area contributed by atoms with Crippen molar-refractivity contribution in [1.82, 2.24) is 0 Å². The van der Waals surface area contributed by atoms with Crippen LogP contribution in [0, 0.1) is 0 Å². The van der Waals surface area contributed by atoms with Crippen LogP contribution in [0.2, 0.25) is 0 Å². The molecule has 1 heterocycles. The highest BCUT2D eigenvalue weighted by molar-refractivity contribution is 6.03. The summed E-state index contributed by atoms with van der Waals surface area (Å²) in [6.07, 6.45) is 3.43. The SMILES string of the molecule is CCOC(=O)c1cccc(OC)c1NC(=O)C[N+]1(Cc2ccccc2)CCCCC1. The lowest BCUT2D eigenvalue weighted by molar-refractivity contribution is -0.937. The number of nitrogens with one attached hydrogen (secondary N) is 1. The van der Waals surface area contributed by atoms with E-state index in [1.165, 1.54) is 19.1 Å². The molecule has 0 saturated carbocycles. The van der Waals surface area contributed by atoms with Gasteiger partial charge in [-0.2, -0.15) is 0 Å². The molecule has 0 aromatic heterocycles. The van der Waals surface area contributed by atoms with Crippen LogP contribution in [0.25, 0.3) is 0 Å². The molecule has 2 aromatic carbocycles. The number of hydrogen-bond acceptors (Lipinski definition) is 4. The molecule has 0 unspecified atom stereocenters. The van der Waals surface area contributed by atoms with Gasteiger partial charge in [0.25, 0.3) is 5.91 Å². The van der Waals surface area contributed by atoms with Crippen molar-refractivity contribution in [3.63, 3.8) is 0 Å². The van der Waals surface area contributed by atoms with Gasteiger partial charge >= 0.3 is 5.97 Å². The fourth-order valence-corrected chi connectivity index (χ4v) is 4.22. The van der Waals surface area contributed by atoms with Gasteiger partial charge in [-0.3, -0.25) is 4.79 Å². The van der Waals surface area contributed by atoms with Crippen LogP contribution in [-0.4, -0.2) is 49.7 Å². The van der Waals surface area contributed by atoms with Gasteiger partial charge in [0, 0.05) is 5.56 Å². The summed E-state index contributed by atoms with van der Waals surface area (Å²) in [5.41, 5.74) is 1.91. The first-order valence-corrected chi connectivity index (χ1v) is 10.6. The summed E-state index contributed by atoms with van der Waals surface area (Å²) in [6.45, 7) is 5.14. The van der Waals surface area contributed by atoms with Crippen LogP contribution >= 0.6 is 0 Å². The molecule has 0 atom stereocenters. The first-order valence-electron chi connectivity index (χ1n) is 10.6. The Morgan fingerprint density at radius 2 is 1.73 bits per heavy atom. The van der Waals surface area contributed by atoms with Crippen molar-refractivity contribution in [2.75, 3.05) is 38.7 Å². The average molecular weight is 412 g/mol. The second-order valence-corrected chi connectivity index (χ2v) is 7.80. The lowest BCUT2D eigenvalue weighted by Gasteiger charge is -2.41. The topological polar surface area (TPSA) is 64.6 Å². The second-order valence-electron chi connectivity index (χ2n) is 7.80. The zero-order valence-corrected chi connectivity index (χ0v) is 17.9. The summed E-state index contributed by atoms with van der Waals surface area (Å²) < 4.78 is 11.3. The molecular weight excluding hydrogens is 380 g/mol. The molecule has 0 radical (unpaired) electrons. The monoisotopic (exact) mass is 411 g/mol. The van der Waals surface area contributed by atoms with E-state index in [-0.39, 0.29) is 12.5 Å². The smallest absolute Gasteiger partial charge is 0.340 e. The van der Waals surface area contributed by atoms with E-state index in [1.54, 1.807) is 25.1 Å². The number of carbonyl (C=O) groups excluding carboxylic acids is 2. The molecule has 1 saturated heterocycles. The summed E-state index contributed by atoms with van der Waals surface area (Å²) in [6, 6.07) is 15.4. The van der Waals surface area contributed by atoms with Gasteiger partial charge in [-0.05, 0) is 38.3 Å². The number of quaternary nitrogens is 1. The standard InChI is InChI=1S/C24H30N2O4/c1-3-30-24(28)20-13-10-14-21(29-2)23(20)25-22(27)18-26(15-8-5-9-16-26)17-19-11-6-4-7-12-19/h4,6-7,10-14H,3,5,8-9,15-18H2,1-2H3/p+1. The Morgan fingerprint density at radius 1 is 1.00 bits per heavy atom. The quantitative estimate of drug-likeness (QED) is 0.527. The number of hydrogen-bond donors (Lipinski definition) is 1. The van der Waals surface area contributed by atoms with Crippen molar-refractivity contribution in [1.29, 1.82) is 0 Å². The molecule has 0 spiro atoms. The molecule has 1 N–H and O–H groups in total. The van der Waals surface area contributed by atoms with Gasteiger partial charge in [0.1, 0.15) is 12.3 Å². The van der Waals surface area contributed by atoms with Gasteiger partial charge in [-0.15, -0.1) is 0 Å². The van der Waals surface area contributed by atoms with E-state index >= 15 is 0 Å². The van der Waals surface area contributed by atoms with Crippen molar-refractivity contribution in [3.05, 3.63) is 59.7 Å². The van der Waals surface area contributed by atoms with E-state index in [0.717, 1.165) is 37.0 Å². The molecule has 1 fully saturated rings. The van der Waals surface area contributed by atoms with Gasteiger partial charge in [0.05, 0.1) is 38.1 Å². The highest BCUT2D eigenvalue weighted by Gasteiger charge is 2.33. The number of anilines is 1. The van der Waals surface area contributed by atoms with Gasteiger partial charge in [0.2, 0.25) is 0 Å². The summed E-state index contributed by atoms with van der Waals surface area (Å²) in [7, 11) is 1.52. The minimum Gasteiger partial charge on any atom is -0.495 e. The molecule has 30 heavy (non-hydrogen) atoms. The van der Waals surface area contributed by atoms with Gasteiger partial charge in [-0.25, -0.2) is 4.79 Å². The van der Waals surface area contributed by atoms with E-state index in [2.05, 4.69) is 17.4 Å². The molecule has 0 aliphatic carbocycles. The first kappa shape index (κ1) is 21.8. The summed E-state index contributed by atoms with van der Waals surface area (Å²) in [5, 5.41) is 2.95. The van der Waals surface area contributed by atoms with Crippen LogP contribution in [0.15, 0.2) is 48.5 Å². The number of nitrogens with zero attached hydrogens (tertiary/aromatic N) is 1. The normalized spacial score (nSPS) is 15.3. The highest BCUT2D eigenvalue weighted by Crippen LogP contribution is 2.30. The molecular formula is C24H31N2O4+. The number of carbonyl (C=O) groups is 2. The molecule has 160 valence electrons. The third-order valence-corrected chi connectivity index (χ3v) is 5.61. The van der Waals surface area contributed by atoms with Crippen molar-refractivity contribution >= 4 is 17.6 Å². The Morgan fingerprint density at radius 3 is 2.40 bits per heavy atom. The number of methoxy groups -OCH3 is 1. The molecule has 1 aliphatic rings. The van der Waals surface area contributed by atoms with Gasteiger partial charge in [0.15, 0.2) is 6.54 Å². The number of esters is 1. The number of benzene rings is 2. The molecule has 6 nitrogen and oxygen atoms in total. The number of para-hydroxylation sites is 1. The Bertz CT molecular complexity index is 861. The molecule has 6 heteroatoms. The Labute approximate surface area is 178 Å². The van der Waals surface area contributed by atoms with E-state index in [4.69, 9.17) is 9.47 Å². The van der Waals surface area contributed by atoms with Crippen LogP contribution < -0.4 is 10.1 Å². The zero-order valence-electron chi connectivity index (χ0n) is 17.9. The molecule has 2 aromatic rings. The van der Waals surface area contributed by atoms with Crippen LogP contribution in [0.3, 0.4) is 0 Å². The van der Waals surface area contributed by atoms with Crippen molar-refractivity contribution in [2.24, 2.45) is 0 Å². The highest BCUT2D eigenvalue weighted by atomic mass is 16.5. The fourth-order valence-electron chi connectivity index (χ4n) is 4.22. The van der Waals surface area contributed by atoms with Crippen LogP contribution in [0.4, 0.5) is 5.69 Å². The summed E-state index contributed by atoms with van der Waals surface area (Å²) in [5.74, 6) is -0.150. The lowest BCUT2D eigenvalue weighted by Crippen LogP contribution is -2.54. The molecule has 3 rings (SSSR count). The van der Waals surface area contributed by atoms with Crippen LogP contribution in [0.5, 0.6) is 5.75 Å². The number of amides is 1. The minimum absolute atomic E-state index is 0.122. The van der Waals surface area contributed by atoms with Crippen molar-refractivity contribution in [2.45, 2.75) is 32.7 Å². The number of ether oxygens (including phenoxy) is 2. The maximum Gasteiger partial charge on any atom is 0.340 e. The molecule has 1 amide bonds. The number of likely N-dealkylation sites (tertiary alicyclic amines) is 1. The van der Waals surface area contributed by atoms with Gasteiger partial charge in [-0.1, -0.05) is 36.4 Å². The average Bonchev–Trinajstić information content (AvgIpc) is 2.75. The van der Waals surface area contributed by atoms with Gasteiger partial charge < -0.3 is 19.3 Å². The third-order valence-electron chi connectivity index (χ3n) is 5.61. The summed E-state index contributed by atoms with van der Waals surface area (Å²) >= 11 is 0. The Balaban J connectivity index is 1.81. The Hall–Kier alpha value is -2.86. The zero-order chi connectivity index (χ0) is 21.4. The minimum atomic E-state index is -0.474. The Kier molecular flexibility index (Phi) is 7.46. The maximum atomic E-state index is 13.1. The number of piperidine rings is 1. The van der Waals surface area contributed by atoms with Crippen LogP contribution in [-0.2, 0) is 16.1 Å². The lowest BCUT2D eigenvalue weighted by atomic mass is 10.0. The van der Waals surface area contributed by atoms with E-state index in [1.807, 2.05) is 18.2 Å². The maximum absolute atomic E-state index is 13.1. The summed E-state index contributed by atoms with van der Waals surface area (Å²) in [4.78, 5) is 25.5. The van der Waals surface area contributed by atoms with E-state index in [0.29, 0.717) is 23.5 Å². The molecule has 0 bridgehead atoms. The fraction of sp³-hybridized carbons (Fsp3) is 0.417. The number of rotatable bonds is 8. The van der Waals surface area contributed by atoms with Crippen molar-refractivity contribution in [3.8, 4) is 5.75 Å².